The molecule has 8 heteroatoms. The van der Waals surface area contributed by atoms with E-state index in [0.717, 1.165) is 73.2 Å². The summed E-state index contributed by atoms with van der Waals surface area (Å²) in [5, 5.41) is 0. The second kappa shape index (κ2) is 13.6. The molecular formula is C31H38I3NO3S. The summed E-state index contributed by atoms with van der Waals surface area (Å²) < 4.78 is 34.0. The molecular weight excluding hydrogens is 847 g/mol. The Bertz CT molecular complexity index is 1270. The van der Waals surface area contributed by atoms with Crippen molar-refractivity contribution >= 4 is 83.7 Å². The second-order valence-corrected chi connectivity index (χ2v) is 16.8. The first kappa shape index (κ1) is 30.5. The molecule has 0 aliphatic heterocycles. The van der Waals surface area contributed by atoms with Crippen LogP contribution in [0.15, 0.2) is 29.2 Å². The van der Waals surface area contributed by atoms with E-state index < -0.39 is 15.9 Å². The smallest absolute Gasteiger partial charge is 0.266 e. The Labute approximate surface area is 275 Å². The molecule has 3 saturated carbocycles. The van der Waals surface area contributed by atoms with E-state index in [-0.39, 0.29) is 11.8 Å². The zero-order chi connectivity index (χ0) is 27.6. The minimum Gasteiger partial charge on any atom is -0.268 e. The lowest BCUT2D eigenvalue weighted by Gasteiger charge is -2.32. The summed E-state index contributed by atoms with van der Waals surface area (Å²) in [6.45, 7) is 0. The first-order valence-corrected chi connectivity index (χ1v) is 19.4. The van der Waals surface area contributed by atoms with Gasteiger partial charge in [0.2, 0.25) is 0 Å². The molecule has 0 aromatic heterocycles. The fourth-order valence-corrected chi connectivity index (χ4v) is 11.0. The molecule has 212 valence electrons. The normalized spacial score (nSPS) is 20.2. The van der Waals surface area contributed by atoms with E-state index in [2.05, 4.69) is 84.6 Å². The van der Waals surface area contributed by atoms with Gasteiger partial charge >= 0.3 is 0 Å². The van der Waals surface area contributed by atoms with Crippen LogP contribution in [0.5, 0.6) is 0 Å². The fourth-order valence-electron chi connectivity index (χ4n) is 7.06. The third-order valence-corrected chi connectivity index (χ3v) is 14.2. The summed E-state index contributed by atoms with van der Waals surface area (Å²) in [6.07, 6.45) is 17.3. The van der Waals surface area contributed by atoms with Gasteiger partial charge in [0, 0.05) is 10.7 Å². The van der Waals surface area contributed by atoms with Gasteiger partial charge in [0.05, 0.1) is 10.5 Å². The Balaban J connectivity index is 1.63. The summed E-state index contributed by atoms with van der Waals surface area (Å²) >= 11 is 6.54. The van der Waals surface area contributed by atoms with Crippen molar-refractivity contribution in [3.05, 3.63) is 57.2 Å². The van der Waals surface area contributed by atoms with Crippen molar-refractivity contribution in [2.45, 2.75) is 119 Å². The monoisotopic (exact) mass is 885 g/mol. The highest BCUT2D eigenvalue weighted by molar-refractivity contribution is 14.1. The summed E-state index contributed by atoms with van der Waals surface area (Å²) in [6, 6.07) is 8.30. The highest BCUT2D eigenvalue weighted by Crippen LogP contribution is 2.45. The Hall–Kier alpha value is 0.0500. The van der Waals surface area contributed by atoms with Gasteiger partial charge < -0.3 is 0 Å². The van der Waals surface area contributed by atoms with Crippen molar-refractivity contribution in [3.63, 3.8) is 0 Å². The van der Waals surface area contributed by atoms with Crippen molar-refractivity contribution in [1.82, 2.24) is 4.72 Å². The predicted molar refractivity (Wildman–Crippen MR) is 183 cm³/mol. The van der Waals surface area contributed by atoms with Gasteiger partial charge in [-0.3, -0.25) is 4.79 Å². The quantitative estimate of drug-likeness (QED) is 0.232. The first-order valence-electron chi connectivity index (χ1n) is 14.6. The average molecular weight is 885 g/mol. The molecule has 0 spiro atoms. The van der Waals surface area contributed by atoms with Gasteiger partial charge in [0.25, 0.3) is 15.9 Å². The lowest BCUT2D eigenvalue weighted by atomic mass is 9.76. The van der Waals surface area contributed by atoms with Crippen molar-refractivity contribution in [2.24, 2.45) is 0 Å². The number of nitrogens with one attached hydrogen (secondary N) is 1. The number of carbonyl (C=O) groups is 1. The summed E-state index contributed by atoms with van der Waals surface area (Å²) in [5.74, 6) is 0.469. The summed E-state index contributed by atoms with van der Waals surface area (Å²) in [7, 11) is -4.07. The van der Waals surface area contributed by atoms with Crippen LogP contribution in [0.1, 0.15) is 141 Å². The number of hydrogen-bond acceptors (Lipinski definition) is 3. The standard InChI is InChI=1S/C31H38I3NO3S/c32-24-18-27(29(34)28(33)19-24)31(36)35-39(37,38)30-25(21-12-6-2-7-13-21)16-23(20-10-4-1-5-11-20)17-26(30)22-14-8-3-9-15-22/h16-22H,1-15H2,(H,35,36). The maximum Gasteiger partial charge on any atom is 0.266 e. The molecule has 0 radical (unpaired) electrons. The molecule has 5 rings (SSSR count). The molecule has 3 aliphatic rings. The lowest BCUT2D eigenvalue weighted by molar-refractivity contribution is 0.0980. The van der Waals surface area contributed by atoms with E-state index in [1.54, 1.807) is 6.07 Å². The highest BCUT2D eigenvalue weighted by atomic mass is 127. The van der Waals surface area contributed by atoms with Crippen LogP contribution in [0.3, 0.4) is 0 Å². The molecule has 2 aromatic rings. The molecule has 3 aliphatic carbocycles. The summed E-state index contributed by atoms with van der Waals surface area (Å²) in [5.41, 5.74) is 3.76. The van der Waals surface area contributed by atoms with Crippen LogP contribution in [0, 0.1) is 10.7 Å². The van der Waals surface area contributed by atoms with Crippen molar-refractivity contribution < 1.29 is 13.2 Å². The fraction of sp³-hybridized carbons (Fsp3) is 0.581. The molecule has 0 bridgehead atoms. The van der Waals surface area contributed by atoms with Gasteiger partial charge in [-0.25, -0.2) is 13.1 Å². The lowest BCUT2D eigenvalue weighted by Crippen LogP contribution is -2.33. The minimum atomic E-state index is -4.07. The van der Waals surface area contributed by atoms with E-state index in [0.29, 0.717) is 16.4 Å². The summed E-state index contributed by atoms with van der Waals surface area (Å²) in [4.78, 5) is 14.0. The van der Waals surface area contributed by atoms with Gasteiger partial charge in [-0.1, -0.05) is 69.9 Å². The number of hydrogen-bond donors (Lipinski definition) is 1. The van der Waals surface area contributed by atoms with Gasteiger partial charge in [-0.2, -0.15) is 0 Å². The molecule has 4 nitrogen and oxygen atoms in total. The van der Waals surface area contributed by atoms with E-state index in [4.69, 9.17) is 0 Å². The van der Waals surface area contributed by atoms with Crippen LogP contribution >= 0.6 is 67.8 Å². The third kappa shape index (κ3) is 7.17. The molecule has 0 saturated heterocycles. The third-order valence-electron chi connectivity index (χ3n) is 9.07. The topological polar surface area (TPSA) is 63.2 Å². The molecule has 0 heterocycles. The number of sulfonamides is 1. The van der Waals surface area contributed by atoms with Gasteiger partial charge in [0.15, 0.2) is 0 Å². The number of rotatable bonds is 6. The zero-order valence-electron chi connectivity index (χ0n) is 22.4. The molecule has 0 atom stereocenters. The number of halogens is 3. The zero-order valence-corrected chi connectivity index (χ0v) is 29.7. The van der Waals surface area contributed by atoms with E-state index >= 15 is 0 Å². The minimum absolute atomic E-state index is 0.241. The predicted octanol–water partition coefficient (Wildman–Crippen LogP) is 9.76. The SMILES string of the molecule is O=C(NS(=O)(=O)c1c(C2CCCCC2)cc(C2CCCCC2)cc1C1CCCCC1)c1cc(I)cc(I)c1I. The number of benzene rings is 2. The van der Waals surface area contributed by atoms with E-state index in [1.165, 1.54) is 50.5 Å². The van der Waals surface area contributed by atoms with Gasteiger partial charge in [-0.05, 0) is 153 Å². The van der Waals surface area contributed by atoms with Crippen molar-refractivity contribution in [1.29, 1.82) is 0 Å². The van der Waals surface area contributed by atoms with E-state index in [1.807, 2.05) is 6.07 Å². The van der Waals surface area contributed by atoms with Crippen molar-refractivity contribution in [2.75, 3.05) is 0 Å². The maximum absolute atomic E-state index is 14.4. The van der Waals surface area contributed by atoms with Gasteiger partial charge in [-0.15, -0.1) is 0 Å². The Kier molecular flexibility index (Phi) is 10.6. The van der Waals surface area contributed by atoms with Crippen LogP contribution in [-0.4, -0.2) is 14.3 Å². The van der Waals surface area contributed by atoms with Crippen LogP contribution in [0.2, 0.25) is 0 Å². The average Bonchev–Trinajstić information content (AvgIpc) is 2.95. The molecule has 3 fully saturated rings. The molecule has 2 aromatic carbocycles. The molecule has 1 amide bonds. The van der Waals surface area contributed by atoms with E-state index in [9.17, 15) is 13.2 Å². The van der Waals surface area contributed by atoms with Crippen LogP contribution < -0.4 is 4.72 Å². The van der Waals surface area contributed by atoms with Gasteiger partial charge in [0.1, 0.15) is 0 Å². The molecule has 39 heavy (non-hydrogen) atoms. The first-order chi connectivity index (χ1) is 18.7. The van der Waals surface area contributed by atoms with Crippen LogP contribution in [0.25, 0.3) is 0 Å². The van der Waals surface area contributed by atoms with Crippen LogP contribution in [-0.2, 0) is 10.0 Å². The number of carbonyl (C=O) groups excluding carboxylic acids is 1. The number of amides is 1. The molecule has 0 unspecified atom stereocenters. The Morgan fingerprint density at radius 2 is 1.13 bits per heavy atom. The second-order valence-electron chi connectivity index (χ2n) is 11.7. The van der Waals surface area contributed by atoms with Crippen molar-refractivity contribution in [3.8, 4) is 0 Å². The molecule has 1 N–H and O–H groups in total. The Morgan fingerprint density at radius 3 is 1.62 bits per heavy atom. The Morgan fingerprint density at radius 1 is 0.667 bits per heavy atom. The van der Waals surface area contributed by atoms with Crippen LogP contribution in [0.4, 0.5) is 0 Å². The largest absolute Gasteiger partial charge is 0.268 e. The highest BCUT2D eigenvalue weighted by Gasteiger charge is 2.34. The maximum atomic E-state index is 14.4.